The van der Waals surface area contributed by atoms with Gasteiger partial charge in [0.15, 0.2) is 0 Å². The molecule has 4 aliphatic rings. The Hall–Kier alpha value is -2.70. The molecule has 0 saturated carbocycles. The molecule has 1 N–H and O–H groups in total. The van der Waals surface area contributed by atoms with Gasteiger partial charge in [-0.25, -0.2) is 0 Å². The Labute approximate surface area is 253 Å². The minimum atomic E-state index is -0.772. The lowest BCUT2D eigenvalue weighted by molar-refractivity contribution is -0.147. The summed E-state index contributed by atoms with van der Waals surface area (Å²) in [7, 11) is 0. The van der Waals surface area contributed by atoms with Crippen molar-refractivity contribution < 1.29 is 14.7 Å². The molecule has 42 heavy (non-hydrogen) atoms. The minimum absolute atomic E-state index is 0. The molecule has 0 aromatic heterocycles. The highest BCUT2D eigenvalue weighted by molar-refractivity contribution is 5.81. The predicted molar refractivity (Wildman–Crippen MR) is 169 cm³/mol. The van der Waals surface area contributed by atoms with E-state index in [1.807, 2.05) is 0 Å². The van der Waals surface area contributed by atoms with E-state index in [9.17, 15) is 14.7 Å². The van der Waals surface area contributed by atoms with Crippen molar-refractivity contribution in [2.24, 2.45) is 5.92 Å². The molecular formula is C36H51N3O3. The monoisotopic (exact) mass is 573 g/mol. The van der Waals surface area contributed by atoms with Crippen molar-refractivity contribution in [1.82, 2.24) is 14.7 Å². The van der Waals surface area contributed by atoms with Crippen molar-refractivity contribution in [2.75, 3.05) is 32.7 Å². The fourth-order valence-corrected chi connectivity index (χ4v) is 7.92. The third-order valence-electron chi connectivity index (χ3n) is 10.4. The second-order valence-electron chi connectivity index (χ2n) is 14.1. The van der Waals surface area contributed by atoms with Crippen molar-refractivity contribution in [2.45, 2.75) is 104 Å². The van der Waals surface area contributed by atoms with Crippen LogP contribution in [0.4, 0.5) is 0 Å². The van der Waals surface area contributed by atoms with Crippen LogP contribution in [0.5, 0.6) is 0 Å². The zero-order chi connectivity index (χ0) is 28.9. The molecule has 1 amide bonds. The lowest BCUT2D eigenvalue weighted by Gasteiger charge is -2.43. The number of carboxylic acids is 1. The number of fused-ring (bicyclic) bond motifs is 2. The number of amides is 1. The first-order valence-electron chi connectivity index (χ1n) is 15.8. The maximum Gasteiger partial charge on any atom is 0.321 e. The molecular weight excluding hydrogens is 522 g/mol. The van der Waals surface area contributed by atoms with Gasteiger partial charge in [0.1, 0.15) is 6.04 Å². The van der Waals surface area contributed by atoms with Gasteiger partial charge in [-0.2, -0.15) is 0 Å². The van der Waals surface area contributed by atoms with Gasteiger partial charge in [-0.3, -0.25) is 19.4 Å². The summed E-state index contributed by atoms with van der Waals surface area (Å²) in [6.07, 6.45) is 7.47. The number of benzene rings is 2. The summed E-state index contributed by atoms with van der Waals surface area (Å²) in [4.78, 5) is 33.4. The number of likely N-dealkylation sites (tertiary alicyclic amines) is 1. The summed E-state index contributed by atoms with van der Waals surface area (Å²) in [5.74, 6) is -0.431. The highest BCUT2D eigenvalue weighted by Crippen LogP contribution is 2.39. The van der Waals surface area contributed by atoms with Crippen LogP contribution in [0.2, 0.25) is 0 Å². The Balaban J connectivity index is 0.00000353. The van der Waals surface area contributed by atoms with Crippen LogP contribution in [-0.2, 0) is 41.7 Å². The van der Waals surface area contributed by atoms with E-state index in [1.54, 1.807) is 0 Å². The lowest BCUT2D eigenvalue weighted by Crippen LogP contribution is -2.59. The molecule has 2 unspecified atom stereocenters. The third-order valence-corrected chi connectivity index (χ3v) is 10.4. The molecule has 4 atom stereocenters. The topological polar surface area (TPSA) is 64.1 Å². The highest BCUT2D eigenvalue weighted by Gasteiger charge is 2.45. The van der Waals surface area contributed by atoms with Crippen molar-refractivity contribution in [3.05, 3.63) is 69.8 Å². The van der Waals surface area contributed by atoms with Gasteiger partial charge in [0, 0.05) is 50.2 Å². The molecule has 0 radical (unpaired) electrons. The van der Waals surface area contributed by atoms with Crippen LogP contribution in [-0.4, -0.2) is 82.0 Å². The first-order chi connectivity index (χ1) is 19.6. The van der Waals surface area contributed by atoms with E-state index in [0.29, 0.717) is 26.1 Å². The Morgan fingerprint density at radius 3 is 2.17 bits per heavy atom. The van der Waals surface area contributed by atoms with E-state index in [0.717, 1.165) is 37.9 Å². The zero-order valence-corrected chi connectivity index (χ0v) is 25.4. The van der Waals surface area contributed by atoms with Crippen LogP contribution in [0, 0.1) is 5.92 Å². The van der Waals surface area contributed by atoms with Crippen molar-refractivity contribution in [3.8, 4) is 0 Å². The molecule has 2 aromatic carbocycles. The number of piperazine rings is 1. The normalized spacial score (nSPS) is 25.1. The van der Waals surface area contributed by atoms with Crippen LogP contribution in [0.1, 0.15) is 87.3 Å². The molecule has 2 aromatic rings. The number of hydrogen-bond acceptors (Lipinski definition) is 4. The standard InChI is InChI=1S/C35H47N3O3.CH4/c1-23-20-36(32(34(40)41)18-24-11-12-25-7-5-9-27(25)17-24)15-16-38(23)33(39)31-22-37(35(2,3)4)21-30(31)29-14-13-26-8-6-10-28(26)19-29;/h11-14,17,19,23,30-32H,5-10,15-16,18,20-22H2,1-4H3,(H,40,41);1H4/t23-,30?,31?,32-;/m0./s1. The van der Waals surface area contributed by atoms with Crippen LogP contribution in [0.15, 0.2) is 36.4 Å². The van der Waals surface area contributed by atoms with Crippen LogP contribution in [0.25, 0.3) is 0 Å². The molecule has 6 heteroatoms. The van der Waals surface area contributed by atoms with Crippen molar-refractivity contribution in [3.63, 3.8) is 0 Å². The van der Waals surface area contributed by atoms with E-state index < -0.39 is 12.0 Å². The number of aliphatic carboxylic acids is 1. The molecule has 2 saturated heterocycles. The number of aryl methyl sites for hydroxylation is 4. The largest absolute Gasteiger partial charge is 0.480 e. The van der Waals surface area contributed by atoms with Gasteiger partial charge in [0.25, 0.3) is 0 Å². The van der Waals surface area contributed by atoms with Crippen molar-refractivity contribution in [1.29, 1.82) is 0 Å². The van der Waals surface area contributed by atoms with Gasteiger partial charge in [-0.05, 0) is 106 Å². The summed E-state index contributed by atoms with van der Waals surface area (Å²) in [5.41, 5.74) is 8.15. The molecule has 2 aliphatic heterocycles. The fourth-order valence-electron chi connectivity index (χ4n) is 7.92. The molecule has 2 aliphatic carbocycles. The predicted octanol–water partition coefficient (Wildman–Crippen LogP) is 5.34. The number of nitrogens with zero attached hydrogens (tertiary/aromatic N) is 3. The van der Waals surface area contributed by atoms with Gasteiger partial charge in [-0.1, -0.05) is 43.8 Å². The average Bonchev–Trinajstić information content (AvgIpc) is 3.69. The smallest absolute Gasteiger partial charge is 0.321 e. The number of hydrogen-bond donors (Lipinski definition) is 1. The summed E-state index contributed by atoms with van der Waals surface area (Å²) in [6.45, 7) is 12.3. The maximum absolute atomic E-state index is 14.3. The summed E-state index contributed by atoms with van der Waals surface area (Å²) >= 11 is 0. The van der Waals surface area contributed by atoms with Gasteiger partial charge in [0.2, 0.25) is 5.91 Å². The van der Waals surface area contributed by atoms with E-state index in [-0.39, 0.29) is 36.8 Å². The number of carboxylic acid groups (broad SMARTS) is 1. The Kier molecular flexibility index (Phi) is 8.87. The first kappa shape index (κ1) is 30.7. The van der Waals surface area contributed by atoms with Crippen LogP contribution < -0.4 is 0 Å². The van der Waals surface area contributed by atoms with E-state index in [1.165, 1.54) is 47.1 Å². The first-order valence-corrected chi connectivity index (χ1v) is 15.8. The van der Waals surface area contributed by atoms with Gasteiger partial charge in [-0.15, -0.1) is 0 Å². The Morgan fingerprint density at radius 2 is 1.52 bits per heavy atom. The highest BCUT2D eigenvalue weighted by atomic mass is 16.4. The molecule has 6 rings (SSSR count). The molecule has 6 nitrogen and oxygen atoms in total. The van der Waals surface area contributed by atoms with Crippen molar-refractivity contribution >= 4 is 11.9 Å². The zero-order valence-electron chi connectivity index (χ0n) is 25.4. The van der Waals surface area contributed by atoms with E-state index in [4.69, 9.17) is 0 Å². The van der Waals surface area contributed by atoms with Gasteiger partial charge < -0.3 is 10.0 Å². The fraction of sp³-hybridized carbons (Fsp3) is 0.611. The number of carbonyl (C=O) groups excluding carboxylic acids is 1. The molecule has 228 valence electrons. The second-order valence-corrected chi connectivity index (χ2v) is 14.1. The second kappa shape index (κ2) is 12.1. The van der Waals surface area contributed by atoms with Crippen LogP contribution >= 0.6 is 0 Å². The summed E-state index contributed by atoms with van der Waals surface area (Å²) in [5, 5.41) is 10.2. The van der Waals surface area contributed by atoms with Gasteiger partial charge >= 0.3 is 5.97 Å². The average molecular weight is 574 g/mol. The maximum atomic E-state index is 14.3. The number of rotatable bonds is 6. The quantitative estimate of drug-likeness (QED) is 0.505. The van der Waals surface area contributed by atoms with Crippen LogP contribution in [0.3, 0.4) is 0 Å². The lowest BCUT2D eigenvalue weighted by atomic mass is 9.86. The molecule has 0 bridgehead atoms. The summed E-state index contributed by atoms with van der Waals surface area (Å²) < 4.78 is 0. The molecule has 2 heterocycles. The molecule has 2 fully saturated rings. The van der Waals surface area contributed by atoms with E-state index in [2.05, 4.69) is 78.8 Å². The SMILES string of the molecule is C.C[C@H]1CN([C@@H](Cc2ccc3c(c2)CCC3)C(=O)O)CCN1C(=O)C1CN(C(C)(C)C)CC1c1ccc2c(c1)CCC2. The summed E-state index contributed by atoms with van der Waals surface area (Å²) in [6, 6.07) is 12.9. The Morgan fingerprint density at radius 1 is 0.881 bits per heavy atom. The number of carbonyl (C=O) groups is 2. The van der Waals surface area contributed by atoms with Gasteiger partial charge in [0.05, 0.1) is 5.92 Å². The Bertz CT molecular complexity index is 1310. The minimum Gasteiger partial charge on any atom is -0.480 e. The third kappa shape index (κ3) is 6.03. The molecule has 0 spiro atoms. The van der Waals surface area contributed by atoms with E-state index >= 15 is 0 Å².